The van der Waals surface area contributed by atoms with Crippen molar-refractivity contribution < 1.29 is 14.6 Å². The first-order valence-corrected chi connectivity index (χ1v) is 9.52. The predicted molar refractivity (Wildman–Crippen MR) is 108 cm³/mol. The SMILES string of the molecule is CCCCOc1ccc(C2CC(C(=O)N/N=C/c3ccccc3O)NN2)cc1. The van der Waals surface area contributed by atoms with Gasteiger partial charge in [-0.3, -0.25) is 4.79 Å². The van der Waals surface area contributed by atoms with Gasteiger partial charge in [0.05, 0.1) is 12.8 Å². The molecule has 1 amide bonds. The first-order chi connectivity index (χ1) is 13.7. The number of unbranched alkanes of at least 4 members (excludes halogenated alkanes) is 1. The summed E-state index contributed by atoms with van der Waals surface area (Å²) in [5.41, 5.74) is 10.3. The zero-order chi connectivity index (χ0) is 19.8. The van der Waals surface area contributed by atoms with E-state index >= 15 is 0 Å². The van der Waals surface area contributed by atoms with Crippen molar-refractivity contribution in [1.29, 1.82) is 0 Å². The van der Waals surface area contributed by atoms with Crippen LogP contribution in [0.3, 0.4) is 0 Å². The summed E-state index contributed by atoms with van der Waals surface area (Å²) in [6.45, 7) is 2.86. The minimum Gasteiger partial charge on any atom is -0.507 e. The molecule has 0 bridgehead atoms. The number of ether oxygens (including phenoxy) is 1. The van der Waals surface area contributed by atoms with E-state index in [0.717, 1.165) is 30.8 Å². The number of rotatable bonds is 8. The highest BCUT2D eigenvalue weighted by atomic mass is 16.5. The van der Waals surface area contributed by atoms with Gasteiger partial charge in [0, 0.05) is 11.6 Å². The van der Waals surface area contributed by atoms with Crippen LogP contribution < -0.4 is 21.0 Å². The Kier molecular flexibility index (Phi) is 7.00. The molecule has 0 aliphatic carbocycles. The van der Waals surface area contributed by atoms with E-state index in [1.54, 1.807) is 24.3 Å². The molecule has 0 aromatic heterocycles. The fourth-order valence-corrected chi connectivity index (χ4v) is 2.92. The van der Waals surface area contributed by atoms with Crippen LogP contribution in [-0.2, 0) is 4.79 Å². The molecule has 7 heteroatoms. The Labute approximate surface area is 164 Å². The molecular weight excluding hydrogens is 356 g/mol. The molecule has 0 saturated carbocycles. The van der Waals surface area contributed by atoms with E-state index < -0.39 is 6.04 Å². The average molecular weight is 382 g/mol. The molecule has 1 saturated heterocycles. The Morgan fingerprint density at radius 2 is 2.04 bits per heavy atom. The van der Waals surface area contributed by atoms with Crippen molar-refractivity contribution in [2.24, 2.45) is 5.10 Å². The van der Waals surface area contributed by atoms with Gasteiger partial charge in [0.2, 0.25) is 0 Å². The van der Waals surface area contributed by atoms with Crippen LogP contribution in [0.15, 0.2) is 53.6 Å². The molecule has 148 valence electrons. The number of amides is 1. The van der Waals surface area contributed by atoms with Crippen LogP contribution in [0.2, 0.25) is 0 Å². The number of aromatic hydroxyl groups is 1. The lowest BCUT2D eigenvalue weighted by Gasteiger charge is -2.11. The number of hydrogen-bond acceptors (Lipinski definition) is 6. The Balaban J connectivity index is 1.49. The third kappa shape index (κ3) is 5.31. The molecule has 4 N–H and O–H groups in total. The van der Waals surface area contributed by atoms with E-state index in [2.05, 4.69) is 28.3 Å². The number of hydrogen-bond donors (Lipinski definition) is 4. The Morgan fingerprint density at radius 3 is 2.79 bits per heavy atom. The van der Waals surface area contributed by atoms with Crippen molar-refractivity contribution in [2.45, 2.75) is 38.3 Å². The van der Waals surface area contributed by atoms with Gasteiger partial charge < -0.3 is 9.84 Å². The summed E-state index contributed by atoms with van der Waals surface area (Å²) < 4.78 is 5.68. The topological polar surface area (TPSA) is 95.0 Å². The van der Waals surface area contributed by atoms with Crippen LogP contribution >= 0.6 is 0 Å². The van der Waals surface area contributed by atoms with Crippen molar-refractivity contribution in [1.82, 2.24) is 16.3 Å². The van der Waals surface area contributed by atoms with Crippen molar-refractivity contribution in [3.8, 4) is 11.5 Å². The van der Waals surface area contributed by atoms with Crippen LogP contribution in [0.1, 0.15) is 43.4 Å². The summed E-state index contributed by atoms with van der Waals surface area (Å²) in [5.74, 6) is 0.737. The van der Waals surface area contributed by atoms with Gasteiger partial charge in [-0.2, -0.15) is 5.10 Å². The number of carbonyl (C=O) groups is 1. The Bertz CT molecular complexity index is 808. The van der Waals surface area contributed by atoms with Crippen LogP contribution in [0, 0.1) is 0 Å². The largest absolute Gasteiger partial charge is 0.507 e. The van der Waals surface area contributed by atoms with Gasteiger partial charge in [-0.05, 0) is 42.7 Å². The molecule has 1 aliphatic rings. The monoisotopic (exact) mass is 382 g/mol. The van der Waals surface area contributed by atoms with E-state index in [1.807, 2.05) is 24.3 Å². The van der Waals surface area contributed by atoms with Gasteiger partial charge in [-0.1, -0.05) is 37.6 Å². The van der Waals surface area contributed by atoms with Gasteiger partial charge in [0.1, 0.15) is 17.5 Å². The quantitative estimate of drug-likeness (QED) is 0.320. The van der Waals surface area contributed by atoms with Crippen LogP contribution in [0.5, 0.6) is 11.5 Å². The maximum absolute atomic E-state index is 12.3. The van der Waals surface area contributed by atoms with Crippen molar-refractivity contribution in [3.63, 3.8) is 0 Å². The number of hydrazine groups is 1. The van der Waals surface area contributed by atoms with Crippen molar-refractivity contribution in [3.05, 3.63) is 59.7 Å². The minimum atomic E-state index is -0.396. The summed E-state index contributed by atoms with van der Waals surface area (Å²) in [6.07, 6.45) is 4.17. The summed E-state index contributed by atoms with van der Waals surface area (Å²) >= 11 is 0. The summed E-state index contributed by atoms with van der Waals surface area (Å²) in [6, 6.07) is 14.4. The van der Waals surface area contributed by atoms with Crippen LogP contribution in [-0.4, -0.2) is 29.9 Å². The van der Waals surface area contributed by atoms with E-state index in [-0.39, 0.29) is 17.7 Å². The highest BCUT2D eigenvalue weighted by molar-refractivity contribution is 5.86. The molecule has 28 heavy (non-hydrogen) atoms. The molecular formula is C21H26N4O3. The maximum atomic E-state index is 12.3. The summed E-state index contributed by atoms with van der Waals surface area (Å²) in [7, 11) is 0. The number of benzene rings is 2. The molecule has 3 rings (SSSR count). The van der Waals surface area contributed by atoms with E-state index in [1.165, 1.54) is 6.21 Å². The average Bonchev–Trinajstić information content (AvgIpc) is 3.20. The standard InChI is InChI=1S/C21H26N4O3/c1-2-3-12-28-17-10-8-15(9-11-17)18-13-19(24-23-18)21(27)25-22-14-16-6-4-5-7-20(16)26/h4-11,14,18-19,23-24,26H,2-3,12-13H2,1H3,(H,25,27)/b22-14+. The molecule has 1 heterocycles. The second-order valence-corrected chi connectivity index (χ2v) is 6.69. The number of para-hydroxylation sites is 1. The Hall–Kier alpha value is -2.90. The third-order valence-electron chi connectivity index (χ3n) is 4.58. The number of nitrogens with one attached hydrogen (secondary N) is 3. The highest BCUT2D eigenvalue weighted by Crippen LogP contribution is 2.24. The van der Waals surface area contributed by atoms with Crippen LogP contribution in [0.25, 0.3) is 0 Å². The first-order valence-electron chi connectivity index (χ1n) is 9.52. The first kappa shape index (κ1) is 19.9. The van der Waals surface area contributed by atoms with Crippen molar-refractivity contribution >= 4 is 12.1 Å². The second kappa shape index (κ2) is 9.87. The smallest absolute Gasteiger partial charge is 0.258 e. The van der Waals surface area contributed by atoms with Crippen LogP contribution in [0.4, 0.5) is 0 Å². The molecule has 1 aliphatic heterocycles. The van der Waals surface area contributed by atoms with Gasteiger partial charge in [-0.25, -0.2) is 16.3 Å². The van der Waals surface area contributed by atoms with E-state index in [0.29, 0.717) is 12.0 Å². The second-order valence-electron chi connectivity index (χ2n) is 6.69. The summed E-state index contributed by atoms with van der Waals surface area (Å²) in [4.78, 5) is 12.3. The zero-order valence-corrected chi connectivity index (χ0v) is 15.9. The predicted octanol–water partition coefficient (Wildman–Crippen LogP) is 2.63. The van der Waals surface area contributed by atoms with Gasteiger partial charge in [0.25, 0.3) is 5.91 Å². The fourth-order valence-electron chi connectivity index (χ4n) is 2.92. The van der Waals surface area contributed by atoms with E-state index in [9.17, 15) is 9.90 Å². The molecule has 0 radical (unpaired) electrons. The third-order valence-corrected chi connectivity index (χ3v) is 4.58. The Morgan fingerprint density at radius 1 is 1.25 bits per heavy atom. The lowest BCUT2D eigenvalue weighted by atomic mass is 10.0. The lowest BCUT2D eigenvalue weighted by Crippen LogP contribution is -2.41. The molecule has 0 spiro atoms. The molecule has 2 aromatic carbocycles. The number of hydrazone groups is 1. The molecule has 7 nitrogen and oxygen atoms in total. The van der Waals surface area contributed by atoms with Gasteiger partial charge >= 0.3 is 0 Å². The molecule has 2 unspecified atom stereocenters. The number of phenols is 1. The molecule has 2 aromatic rings. The number of carbonyl (C=O) groups excluding carboxylic acids is 1. The summed E-state index contributed by atoms with van der Waals surface area (Å²) in [5, 5.41) is 13.6. The minimum absolute atomic E-state index is 0.0302. The molecule has 2 atom stereocenters. The zero-order valence-electron chi connectivity index (χ0n) is 15.9. The lowest BCUT2D eigenvalue weighted by molar-refractivity contribution is -0.122. The number of nitrogens with zero attached hydrogens (tertiary/aromatic N) is 1. The fraction of sp³-hybridized carbons (Fsp3) is 0.333. The normalized spacial score (nSPS) is 19.0. The van der Waals surface area contributed by atoms with E-state index in [4.69, 9.17) is 4.74 Å². The highest BCUT2D eigenvalue weighted by Gasteiger charge is 2.30. The van der Waals surface area contributed by atoms with Crippen molar-refractivity contribution in [2.75, 3.05) is 6.61 Å². The maximum Gasteiger partial charge on any atom is 0.258 e. The molecule has 1 fully saturated rings. The number of phenolic OH excluding ortho intramolecular Hbond substituents is 1. The van der Waals surface area contributed by atoms with Gasteiger partial charge in [-0.15, -0.1) is 0 Å². The van der Waals surface area contributed by atoms with Gasteiger partial charge in [0.15, 0.2) is 0 Å².